The van der Waals surface area contributed by atoms with E-state index in [0.717, 1.165) is 12.0 Å². The first-order valence-electron chi connectivity index (χ1n) is 7.57. The zero-order valence-electron chi connectivity index (χ0n) is 13.5. The summed E-state index contributed by atoms with van der Waals surface area (Å²) in [5.74, 6) is 6.06. The molecule has 0 aliphatic carbocycles. The average Bonchev–Trinajstić information content (AvgIpc) is 2.92. The number of hydrogen-bond acceptors (Lipinski definition) is 3. The van der Waals surface area contributed by atoms with E-state index in [1.54, 1.807) is 4.90 Å². The number of rotatable bonds is 2. The quantitative estimate of drug-likeness (QED) is 0.788. The SMILES string of the molecule is CC(C)(C)OC(=O)N1CC[C@@H](OCC#Cc2ccccc2)C1. The molecule has 0 N–H and O–H groups in total. The summed E-state index contributed by atoms with van der Waals surface area (Å²) in [7, 11) is 0. The minimum atomic E-state index is -0.461. The van der Waals surface area contributed by atoms with Gasteiger partial charge in [-0.3, -0.25) is 0 Å². The predicted octanol–water partition coefficient (Wildman–Crippen LogP) is 3.06. The van der Waals surface area contributed by atoms with Gasteiger partial charge in [0.15, 0.2) is 0 Å². The third kappa shape index (κ3) is 5.42. The van der Waals surface area contributed by atoms with E-state index in [2.05, 4.69) is 11.8 Å². The molecule has 118 valence electrons. The van der Waals surface area contributed by atoms with Crippen LogP contribution >= 0.6 is 0 Å². The molecule has 1 fully saturated rings. The van der Waals surface area contributed by atoms with Gasteiger partial charge >= 0.3 is 6.09 Å². The van der Waals surface area contributed by atoms with Crippen LogP contribution in [-0.4, -0.2) is 42.4 Å². The number of hydrogen-bond donors (Lipinski definition) is 0. The van der Waals surface area contributed by atoms with Crippen molar-refractivity contribution >= 4 is 6.09 Å². The van der Waals surface area contributed by atoms with E-state index < -0.39 is 5.60 Å². The molecule has 1 amide bonds. The Morgan fingerprint density at radius 2 is 2.05 bits per heavy atom. The maximum atomic E-state index is 11.9. The maximum absolute atomic E-state index is 11.9. The van der Waals surface area contributed by atoms with Crippen LogP contribution in [0.25, 0.3) is 0 Å². The van der Waals surface area contributed by atoms with Gasteiger partial charge in [0.2, 0.25) is 0 Å². The highest BCUT2D eigenvalue weighted by Gasteiger charge is 2.29. The minimum Gasteiger partial charge on any atom is -0.444 e. The molecule has 1 aliphatic rings. The van der Waals surface area contributed by atoms with Crippen molar-refractivity contribution in [1.29, 1.82) is 0 Å². The van der Waals surface area contributed by atoms with Crippen molar-refractivity contribution in [2.45, 2.75) is 38.9 Å². The molecule has 0 spiro atoms. The third-order valence-electron chi connectivity index (χ3n) is 3.19. The number of amides is 1. The Bertz CT molecular complexity index is 551. The highest BCUT2D eigenvalue weighted by molar-refractivity contribution is 5.68. The number of carbonyl (C=O) groups is 1. The van der Waals surface area contributed by atoms with Gasteiger partial charge in [-0.25, -0.2) is 4.79 Å². The van der Waals surface area contributed by atoms with E-state index >= 15 is 0 Å². The first kappa shape index (κ1) is 16.4. The maximum Gasteiger partial charge on any atom is 0.410 e. The lowest BCUT2D eigenvalue weighted by atomic mass is 10.2. The summed E-state index contributed by atoms with van der Waals surface area (Å²) in [6, 6.07) is 9.81. The predicted molar refractivity (Wildman–Crippen MR) is 85.5 cm³/mol. The fourth-order valence-corrected chi connectivity index (χ4v) is 2.18. The van der Waals surface area contributed by atoms with E-state index in [-0.39, 0.29) is 12.2 Å². The topological polar surface area (TPSA) is 38.8 Å². The lowest BCUT2D eigenvalue weighted by Gasteiger charge is -2.24. The molecule has 1 aliphatic heterocycles. The molecule has 1 saturated heterocycles. The molecule has 1 aromatic carbocycles. The molecule has 22 heavy (non-hydrogen) atoms. The van der Waals surface area contributed by atoms with Crippen LogP contribution in [0.3, 0.4) is 0 Å². The highest BCUT2D eigenvalue weighted by Crippen LogP contribution is 2.16. The van der Waals surface area contributed by atoms with Crippen LogP contribution in [0.4, 0.5) is 4.79 Å². The Hall–Kier alpha value is -1.99. The van der Waals surface area contributed by atoms with Crippen LogP contribution in [0.1, 0.15) is 32.8 Å². The molecule has 0 saturated carbocycles. The second-order valence-corrected chi connectivity index (χ2v) is 6.32. The zero-order chi connectivity index (χ0) is 16.0. The van der Waals surface area contributed by atoms with Crippen molar-refractivity contribution in [3.05, 3.63) is 35.9 Å². The second-order valence-electron chi connectivity index (χ2n) is 6.32. The fourth-order valence-electron chi connectivity index (χ4n) is 2.18. The summed E-state index contributed by atoms with van der Waals surface area (Å²) in [6.45, 7) is 7.23. The summed E-state index contributed by atoms with van der Waals surface area (Å²) < 4.78 is 11.1. The van der Waals surface area contributed by atoms with Crippen LogP contribution in [0.15, 0.2) is 30.3 Å². The van der Waals surface area contributed by atoms with Gasteiger partial charge in [-0.15, -0.1) is 0 Å². The van der Waals surface area contributed by atoms with Crippen LogP contribution < -0.4 is 0 Å². The average molecular weight is 301 g/mol. The van der Waals surface area contributed by atoms with E-state index in [4.69, 9.17) is 9.47 Å². The van der Waals surface area contributed by atoms with Gasteiger partial charge in [0.05, 0.1) is 12.6 Å². The smallest absolute Gasteiger partial charge is 0.410 e. The van der Waals surface area contributed by atoms with Crippen molar-refractivity contribution in [1.82, 2.24) is 4.90 Å². The van der Waals surface area contributed by atoms with E-state index in [1.165, 1.54) is 0 Å². The van der Waals surface area contributed by atoms with E-state index in [0.29, 0.717) is 19.7 Å². The normalized spacial score (nSPS) is 17.8. The van der Waals surface area contributed by atoms with E-state index in [1.807, 2.05) is 51.1 Å². The molecular formula is C18H23NO3. The van der Waals surface area contributed by atoms with Gasteiger partial charge in [-0.1, -0.05) is 30.0 Å². The van der Waals surface area contributed by atoms with Crippen molar-refractivity contribution < 1.29 is 14.3 Å². The molecule has 2 rings (SSSR count). The number of likely N-dealkylation sites (tertiary alicyclic amines) is 1. The first-order chi connectivity index (χ1) is 10.4. The van der Waals surface area contributed by atoms with Crippen LogP contribution in [0.5, 0.6) is 0 Å². The standard InChI is InChI=1S/C18H23NO3/c1-18(2,3)22-17(20)19-12-11-16(14-19)21-13-7-10-15-8-5-4-6-9-15/h4-6,8-9,16H,11-14H2,1-3H3/t16-/m1/s1. The van der Waals surface area contributed by atoms with Gasteiger partial charge in [0, 0.05) is 12.1 Å². The molecule has 4 nitrogen and oxygen atoms in total. The molecule has 1 aromatic rings. The first-order valence-corrected chi connectivity index (χ1v) is 7.57. The molecule has 1 heterocycles. The second kappa shape index (κ2) is 7.33. The van der Waals surface area contributed by atoms with Gasteiger partial charge in [-0.2, -0.15) is 0 Å². The summed E-state index contributed by atoms with van der Waals surface area (Å²) in [4.78, 5) is 13.6. The molecule has 0 bridgehead atoms. The minimum absolute atomic E-state index is 0.0394. The van der Waals surface area contributed by atoms with Crippen molar-refractivity contribution in [3.63, 3.8) is 0 Å². The summed E-state index contributed by atoms with van der Waals surface area (Å²) in [5, 5.41) is 0. The number of nitrogens with zero attached hydrogens (tertiary/aromatic N) is 1. The Balaban J connectivity index is 1.73. The van der Waals surface area contributed by atoms with Crippen molar-refractivity contribution in [2.24, 2.45) is 0 Å². The Labute approximate surface area is 132 Å². The highest BCUT2D eigenvalue weighted by atomic mass is 16.6. The lowest BCUT2D eigenvalue weighted by Crippen LogP contribution is -2.36. The zero-order valence-corrected chi connectivity index (χ0v) is 13.5. The summed E-state index contributed by atoms with van der Waals surface area (Å²) in [6.07, 6.45) is 0.596. The lowest BCUT2D eigenvalue weighted by molar-refractivity contribution is 0.0238. The van der Waals surface area contributed by atoms with Crippen LogP contribution in [0, 0.1) is 11.8 Å². The Morgan fingerprint density at radius 3 is 2.73 bits per heavy atom. The van der Waals surface area contributed by atoms with Crippen molar-refractivity contribution in [2.75, 3.05) is 19.7 Å². The summed E-state index contributed by atoms with van der Waals surface area (Å²) >= 11 is 0. The molecule has 0 radical (unpaired) electrons. The number of benzene rings is 1. The fraction of sp³-hybridized carbons (Fsp3) is 0.500. The summed E-state index contributed by atoms with van der Waals surface area (Å²) in [5.41, 5.74) is 0.518. The number of ether oxygens (including phenoxy) is 2. The van der Waals surface area contributed by atoms with E-state index in [9.17, 15) is 4.79 Å². The monoisotopic (exact) mass is 301 g/mol. The van der Waals surface area contributed by atoms with Gasteiger partial charge in [0.25, 0.3) is 0 Å². The molecular weight excluding hydrogens is 278 g/mol. The molecule has 0 aromatic heterocycles. The van der Waals surface area contributed by atoms with Crippen LogP contribution in [-0.2, 0) is 9.47 Å². The molecule has 4 heteroatoms. The van der Waals surface area contributed by atoms with Crippen molar-refractivity contribution in [3.8, 4) is 11.8 Å². The Morgan fingerprint density at radius 1 is 1.32 bits per heavy atom. The molecule has 0 unspecified atom stereocenters. The number of carbonyl (C=O) groups excluding carboxylic acids is 1. The van der Waals surface area contributed by atoms with Gasteiger partial charge < -0.3 is 14.4 Å². The van der Waals surface area contributed by atoms with Gasteiger partial charge in [-0.05, 0) is 39.3 Å². The largest absolute Gasteiger partial charge is 0.444 e. The third-order valence-corrected chi connectivity index (χ3v) is 3.19. The Kier molecular flexibility index (Phi) is 5.46. The van der Waals surface area contributed by atoms with Gasteiger partial charge in [0.1, 0.15) is 12.2 Å². The molecule has 1 atom stereocenters. The van der Waals surface area contributed by atoms with Crippen LogP contribution in [0.2, 0.25) is 0 Å².